The quantitative estimate of drug-likeness (QED) is 0.341. The lowest BCUT2D eigenvalue weighted by atomic mass is 9.87. The maximum absolute atomic E-state index is 13.5. The molecule has 2 aliphatic rings. The Kier molecular flexibility index (Phi) is 6.88. The number of nitrogens with two attached hydrogens (primary N) is 2. The molecule has 2 unspecified atom stereocenters. The number of aryl methyl sites for hydroxylation is 1. The first kappa shape index (κ1) is 24.5. The Bertz CT molecular complexity index is 1160. The van der Waals surface area contributed by atoms with Gasteiger partial charge >= 0.3 is 0 Å². The Balaban J connectivity index is 1.53. The molecule has 2 fully saturated rings. The molecule has 0 spiro atoms. The molecule has 0 radical (unpaired) electrons. The lowest BCUT2D eigenvalue weighted by Crippen LogP contribution is -2.30. The number of fused-ring (bicyclic) bond motifs is 1. The van der Waals surface area contributed by atoms with Gasteiger partial charge < -0.3 is 21.9 Å². The summed E-state index contributed by atoms with van der Waals surface area (Å²) in [5.41, 5.74) is 12.3. The van der Waals surface area contributed by atoms with Crippen LogP contribution >= 0.6 is 23.9 Å². The maximum atomic E-state index is 13.5. The molecule has 1 amide bonds. The van der Waals surface area contributed by atoms with Crippen LogP contribution in [0.5, 0.6) is 0 Å². The van der Waals surface area contributed by atoms with Gasteiger partial charge in [0.05, 0.1) is 16.3 Å². The number of hydrogen-bond donors (Lipinski definition) is 4. The topological polar surface area (TPSA) is 132 Å². The number of nitrogens with one attached hydrogen (secondary N) is 1. The largest absolute Gasteiger partial charge is 0.404 e. The maximum Gasteiger partial charge on any atom is 0.261 e. The summed E-state index contributed by atoms with van der Waals surface area (Å²) in [7, 11) is 1.67. The van der Waals surface area contributed by atoms with Crippen LogP contribution in [0.2, 0.25) is 5.02 Å². The molecule has 2 aliphatic carbocycles. The smallest absolute Gasteiger partial charge is 0.261 e. The van der Waals surface area contributed by atoms with Gasteiger partial charge in [-0.25, -0.2) is 4.39 Å². The van der Waals surface area contributed by atoms with Crippen molar-refractivity contribution in [3.63, 3.8) is 0 Å². The van der Waals surface area contributed by atoms with E-state index in [4.69, 9.17) is 23.1 Å². The van der Waals surface area contributed by atoms with E-state index >= 15 is 0 Å². The molecule has 6 N–H and O–H groups in total. The van der Waals surface area contributed by atoms with Crippen molar-refractivity contribution in [2.24, 2.45) is 29.0 Å². The predicted molar refractivity (Wildman–Crippen MR) is 130 cm³/mol. The molecular formula is C22H25ClF2N6O2S. The Morgan fingerprint density at radius 1 is 1.41 bits per heavy atom. The summed E-state index contributed by atoms with van der Waals surface area (Å²) in [6.45, 7) is 0. The van der Waals surface area contributed by atoms with E-state index in [2.05, 4.69) is 14.8 Å². The number of nitrogens with zero attached hydrogens (tertiary/aromatic N) is 3. The van der Waals surface area contributed by atoms with Gasteiger partial charge in [0.15, 0.2) is 12.3 Å². The molecule has 0 saturated heterocycles. The zero-order chi connectivity index (χ0) is 24.6. The standard InChI is InChI=1S/C22H25ClF2N6O2S/c1-31-20(27)18(21(32)29-15-2-3-17(24)16(23)6-15)19(30-31)11-4-12-7-22(33,8-13(12)5-11)14(9-26)10-28-34-25/h2-3,6,9-13,33H,4-5,7-8,26-27H2,1H3,(H,29,32)/b14-9+,28-10+. The van der Waals surface area contributed by atoms with Gasteiger partial charge in [0, 0.05) is 36.6 Å². The number of carbonyl (C=O) groups excluding carboxylic acids is 1. The lowest BCUT2D eigenvalue weighted by Gasteiger charge is -2.25. The van der Waals surface area contributed by atoms with Crippen LogP contribution in [0, 0.1) is 17.7 Å². The summed E-state index contributed by atoms with van der Waals surface area (Å²) in [5.74, 6) is -0.493. The Labute approximate surface area is 204 Å². The summed E-state index contributed by atoms with van der Waals surface area (Å²) >= 11 is 5.63. The van der Waals surface area contributed by atoms with Crippen molar-refractivity contribution in [2.75, 3.05) is 11.1 Å². The van der Waals surface area contributed by atoms with Crippen molar-refractivity contribution < 1.29 is 18.2 Å². The summed E-state index contributed by atoms with van der Waals surface area (Å²) in [4.78, 5) is 13.1. The zero-order valence-electron chi connectivity index (χ0n) is 18.3. The van der Waals surface area contributed by atoms with Crippen LogP contribution in [0.4, 0.5) is 19.8 Å². The monoisotopic (exact) mass is 510 g/mol. The second-order valence-corrected chi connectivity index (χ2v) is 9.66. The van der Waals surface area contributed by atoms with Gasteiger partial charge in [0.2, 0.25) is 0 Å². The number of amides is 1. The third-order valence-corrected chi connectivity index (χ3v) is 7.37. The van der Waals surface area contributed by atoms with Crippen LogP contribution in [-0.2, 0) is 7.05 Å². The molecule has 1 aromatic carbocycles. The van der Waals surface area contributed by atoms with Crippen LogP contribution in [0.25, 0.3) is 0 Å². The van der Waals surface area contributed by atoms with E-state index in [1.165, 1.54) is 35.3 Å². The average Bonchev–Trinajstić information content (AvgIpc) is 3.41. The third kappa shape index (κ3) is 4.51. The van der Waals surface area contributed by atoms with E-state index in [0.717, 1.165) is 0 Å². The second-order valence-electron chi connectivity index (χ2n) is 8.91. The third-order valence-electron chi connectivity index (χ3n) is 6.90. The van der Waals surface area contributed by atoms with Gasteiger partial charge in [-0.3, -0.25) is 9.48 Å². The number of rotatable bonds is 6. The van der Waals surface area contributed by atoms with Crippen LogP contribution in [0.1, 0.15) is 47.7 Å². The molecule has 2 saturated carbocycles. The molecule has 1 aromatic heterocycles. The molecule has 12 heteroatoms. The highest BCUT2D eigenvalue weighted by atomic mass is 35.5. The first-order valence-corrected chi connectivity index (χ1v) is 11.8. The highest BCUT2D eigenvalue weighted by Gasteiger charge is 2.51. The molecule has 2 aromatic rings. The second kappa shape index (κ2) is 9.55. The molecule has 2 atom stereocenters. The molecule has 8 nitrogen and oxygen atoms in total. The number of anilines is 2. The fourth-order valence-electron chi connectivity index (χ4n) is 5.36. The number of carbonyl (C=O) groups is 1. The van der Waals surface area contributed by atoms with Crippen LogP contribution in [0.3, 0.4) is 0 Å². The number of halogens is 3. The van der Waals surface area contributed by atoms with Gasteiger partial charge in [-0.1, -0.05) is 11.6 Å². The van der Waals surface area contributed by atoms with Gasteiger partial charge in [0.25, 0.3) is 5.91 Å². The number of aromatic nitrogens is 2. The Hall–Kier alpha value is -2.63. The summed E-state index contributed by atoms with van der Waals surface area (Å²) in [6.07, 6.45) is 4.85. The first-order chi connectivity index (χ1) is 16.2. The Morgan fingerprint density at radius 3 is 2.68 bits per heavy atom. The van der Waals surface area contributed by atoms with Crippen LogP contribution in [0.15, 0.2) is 34.4 Å². The van der Waals surface area contributed by atoms with Crippen LogP contribution < -0.4 is 16.8 Å². The van der Waals surface area contributed by atoms with Gasteiger partial charge in [-0.2, -0.15) is 9.50 Å². The van der Waals surface area contributed by atoms with Gasteiger partial charge in [-0.05, 0) is 55.7 Å². The van der Waals surface area contributed by atoms with Crippen molar-refractivity contribution in [3.05, 3.63) is 52.1 Å². The molecule has 4 rings (SSSR count). The fraction of sp³-hybridized carbons (Fsp3) is 0.409. The summed E-state index contributed by atoms with van der Waals surface area (Å²) < 4.78 is 30.8. The van der Waals surface area contributed by atoms with Gasteiger partial charge in [0.1, 0.15) is 17.2 Å². The van der Waals surface area contributed by atoms with E-state index in [-0.39, 0.29) is 46.5 Å². The van der Waals surface area contributed by atoms with E-state index in [1.54, 1.807) is 7.05 Å². The molecule has 34 heavy (non-hydrogen) atoms. The van der Waals surface area contributed by atoms with E-state index in [1.807, 2.05) is 0 Å². The summed E-state index contributed by atoms with van der Waals surface area (Å²) in [6, 6.07) is 3.92. The van der Waals surface area contributed by atoms with Crippen molar-refractivity contribution in [1.82, 2.24) is 9.78 Å². The minimum Gasteiger partial charge on any atom is -0.404 e. The van der Waals surface area contributed by atoms with E-state index in [0.29, 0.717) is 42.6 Å². The number of benzene rings is 1. The van der Waals surface area contributed by atoms with E-state index in [9.17, 15) is 18.2 Å². The average molecular weight is 511 g/mol. The lowest BCUT2D eigenvalue weighted by molar-refractivity contribution is 0.0820. The predicted octanol–water partition coefficient (Wildman–Crippen LogP) is 4.13. The van der Waals surface area contributed by atoms with Crippen molar-refractivity contribution in [1.29, 1.82) is 0 Å². The SMILES string of the molecule is Cn1nc(C2CC3CC(O)(C(/C=N/SF)=C/N)CC3C2)c(C(=O)Nc2ccc(F)c(Cl)c2)c1N. The first-order valence-electron chi connectivity index (χ1n) is 10.7. The highest BCUT2D eigenvalue weighted by Crippen LogP contribution is 2.55. The minimum absolute atomic E-state index is 0.0269. The molecule has 1 heterocycles. The van der Waals surface area contributed by atoms with Crippen molar-refractivity contribution in [2.45, 2.75) is 37.2 Å². The fourth-order valence-corrected chi connectivity index (χ4v) is 5.70. The highest BCUT2D eigenvalue weighted by molar-refractivity contribution is 7.93. The van der Waals surface area contributed by atoms with E-state index < -0.39 is 17.3 Å². The number of nitrogen functional groups attached to an aromatic ring is 1. The van der Waals surface area contributed by atoms with Gasteiger partial charge in [-0.15, -0.1) is 3.89 Å². The number of hydrogen-bond acceptors (Lipinski definition) is 7. The summed E-state index contributed by atoms with van der Waals surface area (Å²) in [5, 5.41) is 18.3. The zero-order valence-corrected chi connectivity index (χ0v) is 19.9. The minimum atomic E-state index is -1.17. The molecular weight excluding hydrogens is 486 g/mol. The van der Waals surface area contributed by atoms with Crippen molar-refractivity contribution in [3.8, 4) is 0 Å². The Morgan fingerprint density at radius 2 is 2.09 bits per heavy atom. The number of aliphatic hydroxyl groups is 1. The molecule has 182 valence electrons. The van der Waals surface area contributed by atoms with Crippen molar-refractivity contribution >= 4 is 47.6 Å². The normalized spacial score (nSPS) is 26.9. The molecule has 0 aliphatic heterocycles. The molecule has 0 bridgehead atoms. The van der Waals surface area contributed by atoms with Crippen LogP contribution in [-0.4, -0.2) is 32.6 Å².